The van der Waals surface area contributed by atoms with E-state index in [0.29, 0.717) is 22.5 Å². The Kier molecular flexibility index (Phi) is 6.82. The third-order valence-corrected chi connectivity index (χ3v) is 13.6. The number of benzene rings is 7. The zero-order valence-electron chi connectivity index (χ0n) is 27.3. The van der Waals surface area contributed by atoms with Crippen molar-refractivity contribution in [3.05, 3.63) is 151 Å². The molecule has 4 heterocycles. The fraction of sp³-hybridized carbons (Fsp3) is 0. The van der Waals surface area contributed by atoms with Gasteiger partial charge in [-0.3, -0.25) is 0 Å². The van der Waals surface area contributed by atoms with E-state index in [0.717, 1.165) is 27.8 Å². The molecule has 7 aromatic carbocycles. The lowest BCUT2D eigenvalue weighted by Crippen LogP contribution is -2.01. The molecule has 7 heteroatoms. The summed E-state index contributed by atoms with van der Waals surface area (Å²) in [7, 11) is 0. The number of rotatable bonds is 4. The third-order valence-electron chi connectivity index (χ3n) is 9.84. The van der Waals surface area contributed by atoms with Gasteiger partial charge in [0.1, 0.15) is 0 Å². The summed E-state index contributed by atoms with van der Waals surface area (Å²) in [6.45, 7) is 0. The standard InChI is InChI=1S/C45H24ClN3S3/c46-33-23-22-25(24-32(33)26-13-7-19-37-40(26)27-10-1-4-16-34(27)50-37)43-47-44(30-14-8-20-38-41(30)28-11-2-5-17-35(28)51-38)49-45(48-43)31-15-9-21-39-42(31)29-12-3-6-18-36(29)52-39/h1-24H. The van der Waals surface area contributed by atoms with E-state index < -0.39 is 0 Å². The highest BCUT2D eigenvalue weighted by Crippen LogP contribution is 2.45. The molecule has 0 fully saturated rings. The molecule has 0 aliphatic carbocycles. The van der Waals surface area contributed by atoms with Gasteiger partial charge in [0, 0.05) is 87.8 Å². The van der Waals surface area contributed by atoms with E-state index in [1.165, 1.54) is 60.5 Å². The number of hydrogen-bond donors (Lipinski definition) is 0. The van der Waals surface area contributed by atoms with Crippen LogP contribution in [0.4, 0.5) is 0 Å². The zero-order valence-corrected chi connectivity index (χ0v) is 30.5. The van der Waals surface area contributed by atoms with E-state index >= 15 is 0 Å². The third kappa shape index (κ3) is 4.65. The second kappa shape index (κ2) is 11.8. The molecule has 0 spiro atoms. The molecule has 4 aromatic heterocycles. The number of nitrogens with zero attached hydrogens (tertiary/aromatic N) is 3. The Labute approximate surface area is 315 Å². The second-order valence-electron chi connectivity index (χ2n) is 12.8. The van der Waals surface area contributed by atoms with E-state index in [4.69, 9.17) is 26.6 Å². The monoisotopic (exact) mass is 737 g/mol. The molecular formula is C45H24ClN3S3. The summed E-state index contributed by atoms with van der Waals surface area (Å²) in [6.07, 6.45) is 0. The van der Waals surface area contributed by atoms with Crippen molar-refractivity contribution < 1.29 is 0 Å². The Morgan fingerprint density at radius 2 is 0.750 bits per heavy atom. The average molecular weight is 738 g/mol. The minimum atomic E-state index is 0.605. The SMILES string of the molecule is Clc1ccc(-c2nc(-c3cccc4sc5ccccc5c34)nc(-c3cccc4sc5ccccc5c34)n2)cc1-c1cccc2sc3ccccc3c12. The molecule has 0 radical (unpaired) electrons. The molecule has 0 unspecified atom stereocenters. The predicted octanol–water partition coefficient (Wildman–Crippen LogP) is 14.3. The number of hydrogen-bond acceptors (Lipinski definition) is 6. The van der Waals surface area contributed by atoms with Crippen molar-refractivity contribution in [3.8, 4) is 45.3 Å². The predicted molar refractivity (Wildman–Crippen MR) is 225 cm³/mol. The summed E-state index contributed by atoms with van der Waals surface area (Å²) >= 11 is 12.5. The first kappa shape index (κ1) is 30.2. The van der Waals surface area contributed by atoms with Crippen molar-refractivity contribution in [3.63, 3.8) is 0 Å². The summed E-state index contributed by atoms with van der Waals surface area (Å²) < 4.78 is 7.39. The Morgan fingerprint density at radius 3 is 1.25 bits per heavy atom. The van der Waals surface area contributed by atoms with Crippen LogP contribution >= 0.6 is 45.6 Å². The van der Waals surface area contributed by atoms with Gasteiger partial charge in [0.05, 0.1) is 0 Å². The number of aromatic nitrogens is 3. The van der Waals surface area contributed by atoms with E-state index in [2.05, 4.69) is 133 Å². The summed E-state index contributed by atoms with van der Waals surface area (Å²) in [5, 5.41) is 7.87. The van der Waals surface area contributed by atoms with E-state index in [9.17, 15) is 0 Å². The van der Waals surface area contributed by atoms with Crippen molar-refractivity contribution in [1.82, 2.24) is 15.0 Å². The molecule has 3 nitrogen and oxygen atoms in total. The summed E-state index contributed by atoms with van der Waals surface area (Å²) in [5.74, 6) is 1.90. The molecular weight excluding hydrogens is 714 g/mol. The normalized spacial score (nSPS) is 11.9. The fourth-order valence-electron chi connectivity index (χ4n) is 7.54. The highest BCUT2D eigenvalue weighted by Gasteiger charge is 2.21. The molecule has 0 bridgehead atoms. The number of thiophene rings is 3. The van der Waals surface area contributed by atoms with Gasteiger partial charge in [-0.25, -0.2) is 15.0 Å². The average Bonchev–Trinajstić information content (AvgIpc) is 3.89. The van der Waals surface area contributed by atoms with E-state index in [1.807, 2.05) is 12.1 Å². The zero-order chi connectivity index (χ0) is 34.3. The lowest BCUT2D eigenvalue weighted by atomic mass is 9.97. The van der Waals surface area contributed by atoms with E-state index in [1.54, 1.807) is 34.0 Å². The first-order chi connectivity index (χ1) is 25.7. The highest BCUT2D eigenvalue weighted by molar-refractivity contribution is 7.26. The molecule has 244 valence electrons. The maximum Gasteiger partial charge on any atom is 0.164 e. The van der Waals surface area contributed by atoms with Crippen LogP contribution in [0.25, 0.3) is 106 Å². The van der Waals surface area contributed by atoms with Crippen molar-refractivity contribution in [2.45, 2.75) is 0 Å². The topological polar surface area (TPSA) is 38.7 Å². The first-order valence-corrected chi connectivity index (χ1v) is 19.8. The minimum absolute atomic E-state index is 0.605. The van der Waals surface area contributed by atoms with Crippen LogP contribution in [0.5, 0.6) is 0 Å². The first-order valence-electron chi connectivity index (χ1n) is 17.0. The van der Waals surface area contributed by atoms with Gasteiger partial charge in [-0.05, 0) is 60.2 Å². The fourth-order valence-corrected chi connectivity index (χ4v) is 11.2. The van der Waals surface area contributed by atoms with Gasteiger partial charge in [-0.1, -0.05) is 103 Å². The summed E-state index contributed by atoms with van der Waals surface area (Å²) in [5.41, 5.74) is 4.91. The highest BCUT2D eigenvalue weighted by atomic mass is 35.5. The summed E-state index contributed by atoms with van der Waals surface area (Å²) in [6, 6.07) is 51.2. The molecule has 0 atom stereocenters. The van der Waals surface area contributed by atoms with Gasteiger partial charge >= 0.3 is 0 Å². The van der Waals surface area contributed by atoms with Crippen molar-refractivity contribution >= 4 is 106 Å². The largest absolute Gasteiger partial charge is 0.208 e. The van der Waals surface area contributed by atoms with Crippen LogP contribution in [0.3, 0.4) is 0 Å². The lowest BCUT2D eigenvalue weighted by molar-refractivity contribution is 1.08. The van der Waals surface area contributed by atoms with Crippen LogP contribution in [-0.2, 0) is 0 Å². The minimum Gasteiger partial charge on any atom is -0.208 e. The van der Waals surface area contributed by atoms with Crippen molar-refractivity contribution in [2.75, 3.05) is 0 Å². The maximum absolute atomic E-state index is 7.06. The Morgan fingerprint density at radius 1 is 0.346 bits per heavy atom. The van der Waals surface area contributed by atoms with Crippen LogP contribution in [0.15, 0.2) is 146 Å². The smallest absolute Gasteiger partial charge is 0.164 e. The molecule has 0 N–H and O–H groups in total. The molecule has 0 saturated heterocycles. The maximum atomic E-state index is 7.06. The van der Waals surface area contributed by atoms with Crippen LogP contribution in [-0.4, -0.2) is 15.0 Å². The van der Waals surface area contributed by atoms with Gasteiger partial charge < -0.3 is 0 Å². The van der Waals surface area contributed by atoms with Crippen LogP contribution < -0.4 is 0 Å². The molecule has 0 amide bonds. The van der Waals surface area contributed by atoms with Gasteiger partial charge in [-0.15, -0.1) is 34.0 Å². The molecule has 11 rings (SSSR count). The Balaban J connectivity index is 1.19. The van der Waals surface area contributed by atoms with Crippen LogP contribution in [0.2, 0.25) is 5.02 Å². The van der Waals surface area contributed by atoms with Crippen LogP contribution in [0.1, 0.15) is 0 Å². The van der Waals surface area contributed by atoms with Gasteiger partial charge in [0.15, 0.2) is 17.5 Å². The number of fused-ring (bicyclic) bond motifs is 9. The van der Waals surface area contributed by atoms with Crippen LogP contribution in [0, 0.1) is 0 Å². The lowest BCUT2D eigenvalue weighted by Gasteiger charge is -2.12. The van der Waals surface area contributed by atoms with Crippen molar-refractivity contribution in [1.29, 1.82) is 0 Å². The Bertz CT molecular complexity index is 3100. The van der Waals surface area contributed by atoms with E-state index in [-0.39, 0.29) is 0 Å². The van der Waals surface area contributed by atoms with Gasteiger partial charge in [0.25, 0.3) is 0 Å². The quantitative estimate of drug-likeness (QED) is 0.180. The molecule has 0 aliphatic heterocycles. The summed E-state index contributed by atoms with van der Waals surface area (Å²) in [4.78, 5) is 15.9. The molecule has 0 aliphatic rings. The van der Waals surface area contributed by atoms with Crippen molar-refractivity contribution in [2.24, 2.45) is 0 Å². The molecule has 52 heavy (non-hydrogen) atoms. The van der Waals surface area contributed by atoms with Gasteiger partial charge in [0.2, 0.25) is 0 Å². The molecule has 11 aromatic rings. The number of halogens is 1. The molecule has 0 saturated carbocycles. The van der Waals surface area contributed by atoms with Gasteiger partial charge in [-0.2, -0.15) is 0 Å². The second-order valence-corrected chi connectivity index (χ2v) is 16.5. The Hall–Kier alpha value is -5.50.